The third kappa shape index (κ3) is 4.23. The van der Waals surface area contributed by atoms with Crippen LogP contribution >= 0.6 is 0 Å². The number of allylic oxidation sites excluding steroid dienone is 1. The van der Waals surface area contributed by atoms with Crippen LogP contribution in [0.1, 0.15) is 39.2 Å². The van der Waals surface area contributed by atoms with Gasteiger partial charge in [-0.3, -0.25) is 14.5 Å². The molecular weight excluding hydrogens is 414 g/mol. The Kier molecular flexibility index (Phi) is 5.64. The van der Waals surface area contributed by atoms with E-state index in [0.29, 0.717) is 30.9 Å². The van der Waals surface area contributed by atoms with E-state index >= 15 is 0 Å². The van der Waals surface area contributed by atoms with E-state index < -0.39 is 20.5 Å². The molecule has 7 nitrogen and oxygen atoms in total. The van der Waals surface area contributed by atoms with Crippen LogP contribution in [0.25, 0.3) is 0 Å². The summed E-state index contributed by atoms with van der Waals surface area (Å²) in [5.41, 5.74) is 1.66. The summed E-state index contributed by atoms with van der Waals surface area (Å²) in [5.74, 6) is 0.860. The molecule has 0 spiro atoms. The molecule has 31 heavy (non-hydrogen) atoms. The molecule has 1 aromatic rings. The van der Waals surface area contributed by atoms with Gasteiger partial charge in [-0.15, -0.1) is 0 Å². The highest BCUT2D eigenvalue weighted by atomic mass is 28.4. The van der Waals surface area contributed by atoms with Crippen LogP contribution in [0.3, 0.4) is 0 Å². The van der Waals surface area contributed by atoms with Gasteiger partial charge in [0.2, 0.25) is 6.79 Å². The fourth-order valence-corrected chi connectivity index (χ4v) is 4.87. The number of carbonyl (C=O) groups is 2. The number of ether oxygens (including phenoxy) is 3. The van der Waals surface area contributed by atoms with Crippen molar-refractivity contribution in [2.24, 2.45) is 0 Å². The van der Waals surface area contributed by atoms with Crippen LogP contribution in [0.5, 0.6) is 11.5 Å². The van der Waals surface area contributed by atoms with Gasteiger partial charge in [0.15, 0.2) is 19.8 Å². The van der Waals surface area contributed by atoms with Crippen LogP contribution in [-0.2, 0) is 25.2 Å². The minimum atomic E-state index is -2.08. The number of anilines is 1. The van der Waals surface area contributed by atoms with E-state index in [0.717, 1.165) is 11.3 Å². The average Bonchev–Trinajstić information content (AvgIpc) is 3.13. The molecule has 168 valence electrons. The normalized spacial score (nSPS) is 24.5. The summed E-state index contributed by atoms with van der Waals surface area (Å²) in [5, 5.41) is 0.0257. The Bertz CT molecular complexity index is 919. The number of benzene rings is 1. The van der Waals surface area contributed by atoms with Crippen molar-refractivity contribution in [2.45, 2.75) is 70.3 Å². The molecule has 0 unspecified atom stereocenters. The largest absolute Gasteiger partial charge is 0.460 e. The fraction of sp³-hybridized carbons (Fsp3) is 0.565. The van der Waals surface area contributed by atoms with Gasteiger partial charge in [-0.1, -0.05) is 26.8 Å². The number of nitrogens with zero attached hydrogens (tertiary/aromatic N) is 1. The summed E-state index contributed by atoms with van der Waals surface area (Å²) in [7, 11) is -2.08. The van der Waals surface area contributed by atoms with Crippen LogP contribution in [-0.4, -0.2) is 45.7 Å². The molecule has 2 bridgehead atoms. The maximum absolute atomic E-state index is 13.3. The van der Waals surface area contributed by atoms with Crippen molar-refractivity contribution in [3.8, 4) is 11.5 Å². The molecule has 1 amide bonds. The van der Waals surface area contributed by atoms with Gasteiger partial charge in [-0.05, 0) is 42.3 Å². The molecule has 3 heterocycles. The van der Waals surface area contributed by atoms with E-state index in [1.807, 2.05) is 12.1 Å². The summed E-state index contributed by atoms with van der Waals surface area (Å²) < 4.78 is 23.5. The van der Waals surface area contributed by atoms with Crippen molar-refractivity contribution in [1.29, 1.82) is 0 Å². The lowest BCUT2D eigenvalue weighted by molar-refractivity contribution is -0.151. The van der Waals surface area contributed by atoms with Gasteiger partial charge in [0.25, 0.3) is 5.91 Å². The van der Waals surface area contributed by atoms with Crippen LogP contribution in [0, 0.1) is 0 Å². The second-order valence-corrected chi connectivity index (χ2v) is 14.7. The quantitative estimate of drug-likeness (QED) is 0.518. The number of amides is 1. The van der Waals surface area contributed by atoms with E-state index in [1.165, 1.54) is 0 Å². The lowest BCUT2D eigenvalue weighted by Gasteiger charge is -2.44. The molecular formula is C23H31NO6Si. The SMILES string of the molecule is CC(C)(C)[Si](C)(C)OC[C@@H]1[C@@H]2Cc3cc4c(cc3N1C(=O)/C=C\CCC(=O)O2)OCO4. The molecule has 3 aliphatic rings. The molecule has 0 aromatic heterocycles. The number of rotatable bonds is 3. The number of hydrogen-bond acceptors (Lipinski definition) is 6. The van der Waals surface area contributed by atoms with Crippen molar-refractivity contribution in [3.05, 3.63) is 29.8 Å². The number of hydrogen-bond donors (Lipinski definition) is 0. The Morgan fingerprint density at radius 3 is 2.58 bits per heavy atom. The minimum Gasteiger partial charge on any atom is -0.460 e. The second-order valence-electron chi connectivity index (χ2n) is 9.85. The molecule has 0 saturated carbocycles. The van der Waals surface area contributed by atoms with Crippen molar-refractivity contribution in [1.82, 2.24) is 0 Å². The summed E-state index contributed by atoms with van der Waals surface area (Å²) in [6.07, 6.45) is 4.03. The van der Waals surface area contributed by atoms with Gasteiger partial charge in [0, 0.05) is 18.9 Å². The van der Waals surface area contributed by atoms with Crippen LogP contribution in [0.15, 0.2) is 24.3 Å². The highest BCUT2D eigenvalue weighted by Gasteiger charge is 2.44. The molecule has 4 rings (SSSR count). The Balaban J connectivity index is 1.75. The van der Waals surface area contributed by atoms with Crippen molar-refractivity contribution < 1.29 is 28.2 Å². The number of carbonyl (C=O) groups excluding carboxylic acids is 2. The molecule has 0 fully saturated rings. The zero-order chi connectivity index (χ0) is 22.4. The highest BCUT2D eigenvalue weighted by Crippen LogP contribution is 2.43. The summed E-state index contributed by atoms with van der Waals surface area (Å²) in [4.78, 5) is 27.5. The zero-order valence-corrected chi connectivity index (χ0v) is 19.9. The molecule has 8 heteroatoms. The molecule has 0 N–H and O–H groups in total. The van der Waals surface area contributed by atoms with Crippen LogP contribution in [0.2, 0.25) is 18.1 Å². The van der Waals surface area contributed by atoms with Gasteiger partial charge in [0.1, 0.15) is 6.10 Å². The maximum atomic E-state index is 13.3. The average molecular weight is 446 g/mol. The van der Waals surface area contributed by atoms with E-state index in [2.05, 4.69) is 33.9 Å². The highest BCUT2D eigenvalue weighted by molar-refractivity contribution is 6.74. The lowest BCUT2D eigenvalue weighted by Crippen LogP contribution is -2.56. The molecule has 1 aromatic carbocycles. The first-order valence-electron chi connectivity index (χ1n) is 10.8. The van der Waals surface area contributed by atoms with Crippen molar-refractivity contribution >= 4 is 25.9 Å². The third-order valence-electron chi connectivity index (χ3n) is 6.73. The van der Waals surface area contributed by atoms with E-state index in [-0.39, 0.29) is 30.1 Å². The van der Waals surface area contributed by atoms with Crippen molar-refractivity contribution in [2.75, 3.05) is 18.3 Å². The standard InChI is InChI=1S/C23H31NO6Si/c1-23(2,3)31(4,5)29-13-17-18-10-15-11-19-20(28-14-27-19)12-16(15)24(17)21(25)8-6-7-9-22(26)30-18/h6,8,11-12,17-18H,7,9-10,13-14H2,1-5H3/b8-6-/t17-,18+/m1/s1. The second kappa shape index (κ2) is 7.98. The van der Waals surface area contributed by atoms with Gasteiger partial charge in [-0.25, -0.2) is 0 Å². The van der Waals surface area contributed by atoms with Gasteiger partial charge in [-0.2, -0.15) is 0 Å². The molecule has 3 aliphatic heterocycles. The first-order valence-corrected chi connectivity index (χ1v) is 13.7. The van der Waals surface area contributed by atoms with Gasteiger partial charge >= 0.3 is 5.97 Å². The Labute approximate surface area is 184 Å². The van der Waals surface area contributed by atoms with Crippen LogP contribution < -0.4 is 14.4 Å². The first-order chi connectivity index (χ1) is 14.6. The Morgan fingerprint density at radius 2 is 1.87 bits per heavy atom. The summed E-state index contributed by atoms with van der Waals surface area (Å²) in [6.45, 7) is 11.4. The maximum Gasteiger partial charge on any atom is 0.306 e. The number of esters is 1. The molecule has 0 saturated heterocycles. The Morgan fingerprint density at radius 1 is 1.16 bits per heavy atom. The molecule has 2 atom stereocenters. The predicted octanol–water partition coefficient (Wildman–Crippen LogP) is 3.96. The van der Waals surface area contributed by atoms with Gasteiger partial charge < -0.3 is 18.6 Å². The molecule has 0 radical (unpaired) electrons. The first kappa shape index (κ1) is 21.9. The van der Waals surface area contributed by atoms with E-state index in [1.54, 1.807) is 17.1 Å². The fourth-order valence-electron chi connectivity index (χ4n) is 3.85. The lowest BCUT2D eigenvalue weighted by atomic mass is 9.92. The van der Waals surface area contributed by atoms with Crippen molar-refractivity contribution in [3.63, 3.8) is 0 Å². The summed E-state index contributed by atoms with van der Waals surface area (Å²) >= 11 is 0. The van der Waals surface area contributed by atoms with E-state index in [9.17, 15) is 9.59 Å². The Hall–Kier alpha value is -2.32. The minimum absolute atomic E-state index is 0.0257. The number of fused-ring (bicyclic) bond motifs is 5. The van der Waals surface area contributed by atoms with E-state index in [4.69, 9.17) is 18.6 Å². The predicted molar refractivity (Wildman–Crippen MR) is 119 cm³/mol. The smallest absolute Gasteiger partial charge is 0.306 e. The topological polar surface area (TPSA) is 74.3 Å². The van der Waals surface area contributed by atoms with Gasteiger partial charge in [0.05, 0.1) is 18.3 Å². The summed E-state index contributed by atoms with van der Waals surface area (Å²) in [6, 6.07) is 3.33. The third-order valence-corrected chi connectivity index (χ3v) is 11.2. The molecule has 0 aliphatic carbocycles. The monoisotopic (exact) mass is 445 g/mol. The van der Waals surface area contributed by atoms with Crippen LogP contribution in [0.4, 0.5) is 5.69 Å². The zero-order valence-electron chi connectivity index (χ0n) is 18.9.